The Labute approximate surface area is 114 Å². The van der Waals surface area contributed by atoms with E-state index < -0.39 is 0 Å². The molecule has 18 heavy (non-hydrogen) atoms. The summed E-state index contributed by atoms with van der Waals surface area (Å²) in [6.45, 7) is 2.30. The van der Waals surface area contributed by atoms with E-state index in [-0.39, 0.29) is 0 Å². The Morgan fingerprint density at radius 1 is 1.33 bits per heavy atom. The first-order valence-electron chi connectivity index (χ1n) is 7.15. The Hall–Kier alpha value is -0.670. The predicted octanol–water partition coefficient (Wildman–Crippen LogP) is 3.28. The Bertz CT molecular complexity index is 399. The fourth-order valence-electron chi connectivity index (χ4n) is 2.86. The molecule has 3 heteroatoms. The summed E-state index contributed by atoms with van der Waals surface area (Å²) in [5.74, 6) is 1.28. The lowest BCUT2D eigenvalue weighted by molar-refractivity contribution is 0.574. The van der Waals surface area contributed by atoms with E-state index in [0.717, 1.165) is 12.6 Å². The Kier molecular flexibility index (Phi) is 4.11. The largest absolute Gasteiger partial charge is 0.385 e. The van der Waals surface area contributed by atoms with E-state index in [1.807, 2.05) is 11.8 Å². The summed E-state index contributed by atoms with van der Waals surface area (Å²) in [7, 11) is 0. The molecule has 0 aliphatic carbocycles. The third-order valence-electron chi connectivity index (χ3n) is 3.89. The van der Waals surface area contributed by atoms with Crippen molar-refractivity contribution in [1.29, 1.82) is 0 Å². The van der Waals surface area contributed by atoms with E-state index in [1.54, 1.807) is 0 Å². The minimum absolute atomic E-state index is 0.741. The highest BCUT2D eigenvalue weighted by atomic mass is 32.2. The lowest BCUT2D eigenvalue weighted by Crippen LogP contribution is -2.24. The molecule has 0 bridgehead atoms. The predicted molar refractivity (Wildman–Crippen MR) is 79.6 cm³/mol. The van der Waals surface area contributed by atoms with Gasteiger partial charge in [0.25, 0.3) is 0 Å². The van der Waals surface area contributed by atoms with Crippen LogP contribution in [0.4, 0.5) is 5.69 Å². The van der Waals surface area contributed by atoms with Gasteiger partial charge < -0.3 is 10.6 Å². The van der Waals surface area contributed by atoms with Gasteiger partial charge >= 0.3 is 0 Å². The van der Waals surface area contributed by atoms with E-state index in [2.05, 4.69) is 28.8 Å². The molecular weight excluding hydrogens is 240 g/mol. The first kappa shape index (κ1) is 12.4. The molecule has 2 N–H and O–H groups in total. The van der Waals surface area contributed by atoms with Crippen LogP contribution in [0.5, 0.6) is 0 Å². The van der Waals surface area contributed by atoms with Gasteiger partial charge in [-0.05, 0) is 68.2 Å². The van der Waals surface area contributed by atoms with Crippen molar-refractivity contribution < 1.29 is 0 Å². The SMILES string of the molecule is c1cc2c(cc1NCCC1CCCN1)CCCS2. The highest BCUT2D eigenvalue weighted by Gasteiger charge is 2.13. The first-order valence-corrected chi connectivity index (χ1v) is 8.13. The van der Waals surface area contributed by atoms with Gasteiger partial charge in [-0.25, -0.2) is 0 Å². The maximum Gasteiger partial charge on any atom is 0.0343 e. The number of hydrogen-bond donors (Lipinski definition) is 2. The molecule has 98 valence electrons. The maximum atomic E-state index is 3.57. The number of thioether (sulfide) groups is 1. The molecule has 1 aromatic rings. The van der Waals surface area contributed by atoms with Crippen molar-refractivity contribution in [1.82, 2.24) is 5.32 Å². The highest BCUT2D eigenvalue weighted by molar-refractivity contribution is 7.99. The van der Waals surface area contributed by atoms with Crippen LogP contribution in [0.15, 0.2) is 23.1 Å². The molecule has 3 rings (SSSR count). The van der Waals surface area contributed by atoms with Crippen LogP contribution in [0.3, 0.4) is 0 Å². The molecule has 1 fully saturated rings. The molecule has 2 nitrogen and oxygen atoms in total. The van der Waals surface area contributed by atoms with Crippen LogP contribution < -0.4 is 10.6 Å². The normalized spacial score (nSPS) is 22.8. The van der Waals surface area contributed by atoms with Gasteiger partial charge in [-0.2, -0.15) is 0 Å². The van der Waals surface area contributed by atoms with E-state index >= 15 is 0 Å². The van der Waals surface area contributed by atoms with E-state index in [4.69, 9.17) is 0 Å². The minimum atomic E-state index is 0.741. The maximum absolute atomic E-state index is 3.57. The Balaban J connectivity index is 1.52. The molecular formula is C15H22N2S. The number of fused-ring (bicyclic) bond motifs is 1. The van der Waals surface area contributed by atoms with Crippen LogP contribution in [-0.4, -0.2) is 24.9 Å². The molecule has 0 amide bonds. The van der Waals surface area contributed by atoms with Crippen molar-refractivity contribution in [3.63, 3.8) is 0 Å². The molecule has 1 aromatic carbocycles. The van der Waals surface area contributed by atoms with Crippen LogP contribution in [-0.2, 0) is 6.42 Å². The highest BCUT2D eigenvalue weighted by Crippen LogP contribution is 2.31. The monoisotopic (exact) mass is 262 g/mol. The summed E-state index contributed by atoms with van der Waals surface area (Å²) >= 11 is 2.00. The molecule has 1 atom stereocenters. The lowest BCUT2D eigenvalue weighted by atomic mass is 10.1. The third-order valence-corrected chi connectivity index (χ3v) is 5.09. The van der Waals surface area contributed by atoms with Gasteiger partial charge in [-0.15, -0.1) is 11.8 Å². The quantitative estimate of drug-likeness (QED) is 0.871. The zero-order valence-electron chi connectivity index (χ0n) is 10.9. The molecule has 1 saturated heterocycles. The topological polar surface area (TPSA) is 24.1 Å². The summed E-state index contributed by atoms with van der Waals surface area (Å²) in [5.41, 5.74) is 2.84. The number of anilines is 1. The second-order valence-corrected chi connectivity index (χ2v) is 6.42. The number of rotatable bonds is 4. The second-order valence-electron chi connectivity index (χ2n) is 5.28. The number of hydrogen-bond acceptors (Lipinski definition) is 3. The van der Waals surface area contributed by atoms with Crippen LogP contribution in [0.2, 0.25) is 0 Å². The molecule has 2 aliphatic rings. The zero-order valence-corrected chi connectivity index (χ0v) is 11.7. The number of nitrogens with one attached hydrogen (secondary N) is 2. The average molecular weight is 262 g/mol. The summed E-state index contributed by atoms with van der Waals surface area (Å²) in [4.78, 5) is 1.49. The van der Waals surface area contributed by atoms with Crippen molar-refractivity contribution in [2.45, 2.75) is 43.0 Å². The molecule has 0 spiro atoms. The Morgan fingerprint density at radius 3 is 3.22 bits per heavy atom. The van der Waals surface area contributed by atoms with Crippen molar-refractivity contribution >= 4 is 17.4 Å². The summed E-state index contributed by atoms with van der Waals surface area (Å²) < 4.78 is 0. The smallest absolute Gasteiger partial charge is 0.0343 e. The second kappa shape index (κ2) is 5.98. The first-order chi connectivity index (χ1) is 8.92. The van der Waals surface area contributed by atoms with E-state index in [0.29, 0.717) is 0 Å². The van der Waals surface area contributed by atoms with Crippen LogP contribution in [0.25, 0.3) is 0 Å². The molecule has 0 radical (unpaired) electrons. The van der Waals surface area contributed by atoms with Gasteiger partial charge in [0, 0.05) is 23.2 Å². The fraction of sp³-hybridized carbons (Fsp3) is 0.600. The van der Waals surface area contributed by atoms with Gasteiger partial charge in [0.15, 0.2) is 0 Å². The van der Waals surface area contributed by atoms with Gasteiger partial charge in [0.2, 0.25) is 0 Å². The summed E-state index contributed by atoms with van der Waals surface area (Å²) in [5, 5.41) is 7.12. The van der Waals surface area contributed by atoms with E-state index in [9.17, 15) is 0 Å². The van der Waals surface area contributed by atoms with Crippen LogP contribution >= 0.6 is 11.8 Å². The summed E-state index contributed by atoms with van der Waals surface area (Å²) in [6, 6.07) is 7.61. The van der Waals surface area contributed by atoms with E-state index in [1.165, 1.54) is 60.5 Å². The lowest BCUT2D eigenvalue weighted by Gasteiger charge is -2.17. The van der Waals surface area contributed by atoms with Crippen molar-refractivity contribution in [2.75, 3.05) is 24.2 Å². The van der Waals surface area contributed by atoms with Crippen molar-refractivity contribution in [2.24, 2.45) is 0 Å². The molecule has 0 aromatic heterocycles. The zero-order chi connectivity index (χ0) is 12.2. The van der Waals surface area contributed by atoms with Crippen molar-refractivity contribution in [3.8, 4) is 0 Å². The van der Waals surface area contributed by atoms with Gasteiger partial charge in [0.1, 0.15) is 0 Å². The van der Waals surface area contributed by atoms with Crippen molar-refractivity contribution in [3.05, 3.63) is 23.8 Å². The number of benzene rings is 1. The minimum Gasteiger partial charge on any atom is -0.385 e. The van der Waals surface area contributed by atoms with Gasteiger partial charge in [-0.3, -0.25) is 0 Å². The average Bonchev–Trinajstić information content (AvgIpc) is 2.92. The van der Waals surface area contributed by atoms with Gasteiger partial charge in [0.05, 0.1) is 0 Å². The molecule has 2 aliphatic heterocycles. The van der Waals surface area contributed by atoms with Gasteiger partial charge in [-0.1, -0.05) is 0 Å². The standard InChI is InChI=1S/C15H22N2S/c1-4-13(16-8-1)7-9-17-14-5-6-15-12(11-14)3-2-10-18-15/h5-6,11,13,16-17H,1-4,7-10H2. The van der Waals surface area contributed by atoms with Crippen LogP contribution in [0, 0.1) is 0 Å². The molecule has 1 unspecified atom stereocenters. The Morgan fingerprint density at radius 2 is 2.33 bits per heavy atom. The van der Waals surface area contributed by atoms with Crippen LogP contribution in [0.1, 0.15) is 31.2 Å². The molecule has 0 saturated carbocycles. The number of aryl methyl sites for hydroxylation is 1. The third kappa shape index (κ3) is 3.01. The fourth-order valence-corrected chi connectivity index (χ4v) is 3.88. The summed E-state index contributed by atoms with van der Waals surface area (Å²) in [6.07, 6.45) is 6.52. The molecule has 2 heterocycles.